The molecule has 27 heavy (non-hydrogen) atoms. The second-order valence-electron chi connectivity index (χ2n) is 6.98. The summed E-state index contributed by atoms with van der Waals surface area (Å²) in [6.45, 7) is 5.54. The maximum absolute atomic E-state index is 3.13. The maximum Gasteiger partial charge on any atom is 0.0364 e. The molecule has 0 amide bonds. The van der Waals surface area contributed by atoms with Crippen molar-refractivity contribution in [3.8, 4) is 23.7 Å². The summed E-state index contributed by atoms with van der Waals surface area (Å²) in [6, 6.07) is 16.9. The second kappa shape index (κ2) is 11.9. The van der Waals surface area contributed by atoms with E-state index in [1.54, 1.807) is 0 Å². The zero-order chi connectivity index (χ0) is 19.3. The van der Waals surface area contributed by atoms with Crippen LogP contribution >= 0.6 is 0 Å². The first-order chi connectivity index (χ1) is 13.2. The summed E-state index contributed by atoms with van der Waals surface area (Å²) in [7, 11) is 2.14. The Kier molecular flexibility index (Phi) is 9.09. The molecule has 0 saturated carbocycles. The van der Waals surface area contributed by atoms with Crippen LogP contribution in [0.15, 0.2) is 48.5 Å². The lowest BCUT2D eigenvalue weighted by Crippen LogP contribution is -2.17. The van der Waals surface area contributed by atoms with Crippen LogP contribution in [0.4, 0.5) is 5.69 Å². The number of unbranched alkanes of at least 4 members (excludes halogenated alkanes) is 3. The number of benzene rings is 2. The number of nitrogens with zero attached hydrogens (tertiary/aromatic N) is 1. The number of hydrogen-bond acceptors (Lipinski definition) is 1. The summed E-state index contributed by atoms with van der Waals surface area (Å²) >= 11 is 0. The van der Waals surface area contributed by atoms with Crippen molar-refractivity contribution in [1.82, 2.24) is 0 Å². The van der Waals surface area contributed by atoms with Gasteiger partial charge in [-0.25, -0.2) is 0 Å². The van der Waals surface area contributed by atoms with Crippen molar-refractivity contribution in [1.29, 1.82) is 0 Å². The lowest BCUT2D eigenvalue weighted by molar-refractivity contribution is 0.717. The van der Waals surface area contributed by atoms with E-state index in [0.717, 1.165) is 24.1 Å². The third kappa shape index (κ3) is 7.64. The molecule has 0 radical (unpaired) electrons. The van der Waals surface area contributed by atoms with Crippen LogP contribution in [0.1, 0.15) is 62.6 Å². The van der Waals surface area contributed by atoms with Crippen molar-refractivity contribution in [2.75, 3.05) is 18.5 Å². The zero-order valence-corrected chi connectivity index (χ0v) is 17.0. The quantitative estimate of drug-likeness (QED) is 0.410. The van der Waals surface area contributed by atoms with Gasteiger partial charge >= 0.3 is 0 Å². The average molecular weight is 358 g/mol. The first kappa shape index (κ1) is 20.7. The standard InChI is InChI=1S/C26H31N/c1-4-6-8-11-23-14-16-24(17-15-23)12-9-10-13-25-18-20-26(21-19-25)27(3)22-7-5-2/h14-21H,4-8,11,22H2,1-3H3. The molecule has 140 valence electrons. The van der Waals surface area contributed by atoms with E-state index in [1.807, 2.05) is 0 Å². The van der Waals surface area contributed by atoms with Gasteiger partial charge in [-0.05, 0) is 73.1 Å². The minimum absolute atomic E-state index is 1.00. The van der Waals surface area contributed by atoms with Crippen molar-refractivity contribution in [3.63, 3.8) is 0 Å². The van der Waals surface area contributed by atoms with Crippen LogP contribution in [0, 0.1) is 23.7 Å². The normalized spacial score (nSPS) is 9.74. The summed E-state index contributed by atoms with van der Waals surface area (Å²) < 4.78 is 0. The van der Waals surface area contributed by atoms with E-state index in [1.165, 1.54) is 43.4 Å². The number of hydrogen-bond donors (Lipinski definition) is 0. The lowest BCUT2D eigenvalue weighted by atomic mass is 10.1. The van der Waals surface area contributed by atoms with Gasteiger partial charge in [0.15, 0.2) is 0 Å². The van der Waals surface area contributed by atoms with Crippen LogP contribution < -0.4 is 4.90 Å². The molecule has 0 aliphatic heterocycles. The minimum atomic E-state index is 1.00. The fraction of sp³-hybridized carbons (Fsp3) is 0.385. The molecule has 2 rings (SSSR count). The molecule has 0 spiro atoms. The molecule has 2 aromatic carbocycles. The van der Waals surface area contributed by atoms with E-state index in [0.29, 0.717) is 0 Å². The summed E-state index contributed by atoms with van der Waals surface area (Å²) in [6.07, 6.45) is 7.42. The fourth-order valence-electron chi connectivity index (χ4n) is 2.86. The van der Waals surface area contributed by atoms with E-state index >= 15 is 0 Å². The van der Waals surface area contributed by atoms with Gasteiger partial charge in [0.2, 0.25) is 0 Å². The summed E-state index contributed by atoms with van der Waals surface area (Å²) in [4.78, 5) is 2.28. The van der Waals surface area contributed by atoms with Gasteiger partial charge in [0.05, 0.1) is 0 Å². The Morgan fingerprint density at radius 1 is 0.704 bits per heavy atom. The first-order valence-electron chi connectivity index (χ1n) is 10.1. The minimum Gasteiger partial charge on any atom is -0.375 e. The largest absolute Gasteiger partial charge is 0.375 e. The molecule has 2 aromatic rings. The van der Waals surface area contributed by atoms with E-state index in [2.05, 4.69) is 98.0 Å². The lowest BCUT2D eigenvalue weighted by Gasteiger charge is -2.18. The molecule has 0 unspecified atom stereocenters. The van der Waals surface area contributed by atoms with Gasteiger partial charge in [0.1, 0.15) is 0 Å². The second-order valence-corrected chi connectivity index (χ2v) is 6.98. The van der Waals surface area contributed by atoms with Crippen molar-refractivity contribution < 1.29 is 0 Å². The fourth-order valence-corrected chi connectivity index (χ4v) is 2.86. The highest BCUT2D eigenvalue weighted by molar-refractivity contribution is 5.51. The molecule has 0 aliphatic carbocycles. The van der Waals surface area contributed by atoms with Crippen molar-refractivity contribution >= 4 is 5.69 Å². The van der Waals surface area contributed by atoms with Gasteiger partial charge in [-0.1, -0.05) is 57.1 Å². The van der Waals surface area contributed by atoms with E-state index in [4.69, 9.17) is 0 Å². The molecule has 0 N–H and O–H groups in total. The van der Waals surface area contributed by atoms with Crippen molar-refractivity contribution in [2.45, 2.75) is 52.4 Å². The highest BCUT2D eigenvalue weighted by Gasteiger charge is 1.99. The first-order valence-corrected chi connectivity index (χ1v) is 10.1. The van der Waals surface area contributed by atoms with Crippen LogP contribution in [-0.2, 0) is 6.42 Å². The van der Waals surface area contributed by atoms with Crippen molar-refractivity contribution in [2.24, 2.45) is 0 Å². The molecule has 1 heteroatoms. The van der Waals surface area contributed by atoms with Crippen LogP contribution in [0.5, 0.6) is 0 Å². The Labute approximate surface area is 165 Å². The Morgan fingerprint density at radius 2 is 1.26 bits per heavy atom. The zero-order valence-electron chi connectivity index (χ0n) is 17.0. The summed E-state index contributed by atoms with van der Waals surface area (Å²) in [5.74, 6) is 12.2. The van der Waals surface area contributed by atoms with E-state index < -0.39 is 0 Å². The van der Waals surface area contributed by atoms with Gasteiger partial charge < -0.3 is 4.90 Å². The molecule has 0 heterocycles. The number of anilines is 1. The molecular formula is C26H31N. The van der Waals surface area contributed by atoms with Crippen molar-refractivity contribution in [3.05, 3.63) is 65.2 Å². The highest BCUT2D eigenvalue weighted by atomic mass is 15.1. The van der Waals surface area contributed by atoms with Gasteiger partial charge in [0, 0.05) is 30.4 Å². The van der Waals surface area contributed by atoms with Crippen LogP contribution in [0.3, 0.4) is 0 Å². The third-order valence-corrected chi connectivity index (χ3v) is 4.65. The third-order valence-electron chi connectivity index (χ3n) is 4.65. The maximum atomic E-state index is 3.13. The highest BCUT2D eigenvalue weighted by Crippen LogP contribution is 2.14. The van der Waals surface area contributed by atoms with Gasteiger partial charge in [-0.2, -0.15) is 0 Å². The molecule has 0 bridgehead atoms. The Morgan fingerprint density at radius 3 is 1.81 bits per heavy atom. The van der Waals surface area contributed by atoms with Gasteiger partial charge in [-0.15, -0.1) is 0 Å². The summed E-state index contributed by atoms with van der Waals surface area (Å²) in [5, 5.41) is 0. The monoisotopic (exact) mass is 357 g/mol. The van der Waals surface area contributed by atoms with Crippen LogP contribution in [0.25, 0.3) is 0 Å². The smallest absolute Gasteiger partial charge is 0.0364 e. The topological polar surface area (TPSA) is 3.24 Å². The molecule has 0 atom stereocenters. The molecule has 0 saturated heterocycles. The number of aryl methyl sites for hydroxylation is 1. The predicted molar refractivity (Wildman–Crippen MR) is 118 cm³/mol. The molecule has 0 aliphatic rings. The SMILES string of the molecule is CCCCCc1ccc(C#CC#Cc2ccc(N(C)CCCC)cc2)cc1. The summed E-state index contributed by atoms with van der Waals surface area (Å²) in [5.41, 5.74) is 4.66. The Bertz CT molecular complexity index is 792. The average Bonchev–Trinajstić information content (AvgIpc) is 2.71. The molecular weight excluding hydrogens is 326 g/mol. The Balaban J connectivity index is 1.89. The van der Waals surface area contributed by atoms with E-state index in [9.17, 15) is 0 Å². The van der Waals surface area contributed by atoms with Gasteiger partial charge in [0.25, 0.3) is 0 Å². The van der Waals surface area contributed by atoms with Gasteiger partial charge in [-0.3, -0.25) is 0 Å². The molecule has 0 fully saturated rings. The predicted octanol–water partition coefficient (Wildman–Crippen LogP) is 6.06. The van der Waals surface area contributed by atoms with E-state index in [-0.39, 0.29) is 0 Å². The Hall–Kier alpha value is -2.64. The molecule has 1 nitrogen and oxygen atoms in total. The number of rotatable bonds is 8. The molecule has 0 aromatic heterocycles. The van der Waals surface area contributed by atoms with Crippen LogP contribution in [0.2, 0.25) is 0 Å². The van der Waals surface area contributed by atoms with Crippen LogP contribution in [-0.4, -0.2) is 13.6 Å².